The first-order valence-corrected chi connectivity index (χ1v) is 11.2. The van der Waals surface area contributed by atoms with Crippen molar-refractivity contribution in [2.75, 3.05) is 11.9 Å². The number of carbonyl (C=O) groups is 2. The van der Waals surface area contributed by atoms with Crippen LogP contribution in [0.4, 0.5) is 5.69 Å². The average Bonchev–Trinajstić information content (AvgIpc) is 2.81. The van der Waals surface area contributed by atoms with Crippen LogP contribution in [0.25, 0.3) is 10.8 Å². The smallest absolute Gasteiger partial charge is 0.309 e. The summed E-state index contributed by atoms with van der Waals surface area (Å²) in [6.07, 6.45) is 8.51. The van der Waals surface area contributed by atoms with Gasteiger partial charge in [0.15, 0.2) is 0 Å². The van der Waals surface area contributed by atoms with E-state index in [1.165, 1.54) is 0 Å². The van der Waals surface area contributed by atoms with Gasteiger partial charge in [0.25, 0.3) is 0 Å². The van der Waals surface area contributed by atoms with Crippen molar-refractivity contribution in [3.05, 3.63) is 72.1 Å². The first-order valence-electron chi connectivity index (χ1n) is 11.2. The lowest BCUT2D eigenvalue weighted by Gasteiger charge is -2.33. The zero-order chi connectivity index (χ0) is 22.6. The minimum absolute atomic E-state index is 0.164. The van der Waals surface area contributed by atoms with Crippen LogP contribution in [0.1, 0.15) is 49.1 Å². The molecule has 6 nitrogen and oxygen atoms in total. The number of benzene rings is 2. The van der Waals surface area contributed by atoms with Crippen molar-refractivity contribution < 1.29 is 14.7 Å². The molecule has 6 heteroatoms. The van der Waals surface area contributed by atoms with Crippen molar-refractivity contribution in [2.45, 2.75) is 44.4 Å². The normalized spacial score (nSPS) is 16.4. The lowest BCUT2D eigenvalue weighted by molar-refractivity contribution is -0.151. The first kappa shape index (κ1) is 22.0. The van der Waals surface area contributed by atoms with Crippen LogP contribution in [-0.2, 0) is 16.0 Å². The molecule has 4 rings (SSSR count). The standard InChI is InChI=1S/C26H29N3O3/c27-16-23(24(30)29-22-9-8-21-17-28-13-10-20(21)14-22)19-6-4-18(5-7-19)15-26(25(31)32)11-2-1-3-12-26/h4-10,13-14,17,23H,1-3,11-12,15-16,27H2,(H,29,30)(H,31,32). The van der Waals surface area contributed by atoms with Gasteiger partial charge in [0, 0.05) is 30.0 Å². The van der Waals surface area contributed by atoms with Gasteiger partial charge in [-0.05, 0) is 54.0 Å². The molecule has 0 radical (unpaired) electrons. The summed E-state index contributed by atoms with van der Waals surface area (Å²) in [4.78, 5) is 29.0. The Hall–Kier alpha value is -3.25. The molecule has 0 aliphatic heterocycles. The number of carboxylic acid groups (broad SMARTS) is 1. The molecular formula is C26H29N3O3. The number of hydrogen-bond acceptors (Lipinski definition) is 4. The molecule has 0 spiro atoms. The third-order valence-electron chi connectivity index (χ3n) is 6.65. The van der Waals surface area contributed by atoms with Gasteiger partial charge in [0.2, 0.25) is 5.91 Å². The minimum atomic E-state index is -0.702. The van der Waals surface area contributed by atoms with Gasteiger partial charge in [-0.2, -0.15) is 0 Å². The molecule has 1 aliphatic rings. The fourth-order valence-corrected chi connectivity index (χ4v) is 4.74. The maximum atomic E-state index is 12.9. The molecule has 1 saturated carbocycles. The Morgan fingerprint density at radius 1 is 1.03 bits per heavy atom. The molecule has 1 amide bonds. The third kappa shape index (κ3) is 4.65. The van der Waals surface area contributed by atoms with Crippen LogP contribution >= 0.6 is 0 Å². The summed E-state index contributed by atoms with van der Waals surface area (Å²) >= 11 is 0. The van der Waals surface area contributed by atoms with E-state index in [0.717, 1.165) is 54.0 Å². The molecule has 3 aromatic rings. The number of fused-ring (bicyclic) bond motifs is 1. The highest BCUT2D eigenvalue weighted by atomic mass is 16.4. The number of hydrogen-bond donors (Lipinski definition) is 3. The molecule has 1 fully saturated rings. The van der Waals surface area contributed by atoms with Crippen molar-refractivity contribution in [3.8, 4) is 0 Å². The monoisotopic (exact) mass is 431 g/mol. The van der Waals surface area contributed by atoms with Crippen LogP contribution in [0.5, 0.6) is 0 Å². The van der Waals surface area contributed by atoms with Gasteiger partial charge >= 0.3 is 5.97 Å². The third-order valence-corrected chi connectivity index (χ3v) is 6.65. The lowest BCUT2D eigenvalue weighted by atomic mass is 9.70. The zero-order valence-corrected chi connectivity index (χ0v) is 18.1. The summed E-state index contributed by atoms with van der Waals surface area (Å²) < 4.78 is 0. The fraction of sp³-hybridized carbons (Fsp3) is 0.346. The van der Waals surface area contributed by atoms with Crippen molar-refractivity contribution in [2.24, 2.45) is 11.1 Å². The molecule has 1 atom stereocenters. The quantitative estimate of drug-likeness (QED) is 0.511. The largest absolute Gasteiger partial charge is 0.481 e. The number of anilines is 1. The molecule has 1 heterocycles. The molecule has 2 aromatic carbocycles. The molecule has 4 N–H and O–H groups in total. The maximum Gasteiger partial charge on any atom is 0.309 e. The number of aliphatic carboxylic acids is 1. The van der Waals surface area contributed by atoms with Crippen molar-refractivity contribution >= 4 is 28.3 Å². The number of pyridine rings is 1. The number of carboxylic acids is 1. The lowest BCUT2D eigenvalue weighted by Crippen LogP contribution is -2.35. The van der Waals surface area contributed by atoms with E-state index in [0.29, 0.717) is 12.1 Å². The summed E-state index contributed by atoms with van der Waals surface area (Å²) in [7, 11) is 0. The Morgan fingerprint density at radius 3 is 2.47 bits per heavy atom. The van der Waals surface area contributed by atoms with E-state index in [1.807, 2.05) is 48.5 Å². The van der Waals surface area contributed by atoms with Crippen LogP contribution in [0, 0.1) is 5.41 Å². The van der Waals surface area contributed by atoms with E-state index in [-0.39, 0.29) is 12.5 Å². The Labute approximate surface area is 187 Å². The molecule has 166 valence electrons. The summed E-state index contributed by atoms with van der Waals surface area (Å²) in [6.45, 7) is 0.182. The second kappa shape index (κ2) is 9.49. The number of nitrogens with two attached hydrogens (primary N) is 1. The highest BCUT2D eigenvalue weighted by Crippen LogP contribution is 2.39. The second-order valence-electron chi connectivity index (χ2n) is 8.78. The highest BCUT2D eigenvalue weighted by molar-refractivity contribution is 5.98. The molecule has 1 aromatic heterocycles. The molecule has 1 aliphatic carbocycles. The van der Waals surface area contributed by atoms with E-state index in [4.69, 9.17) is 5.73 Å². The van der Waals surface area contributed by atoms with Gasteiger partial charge in [-0.15, -0.1) is 0 Å². The van der Waals surface area contributed by atoms with Crippen LogP contribution < -0.4 is 11.1 Å². The summed E-state index contributed by atoms with van der Waals surface area (Å²) in [5.41, 5.74) is 7.80. The van der Waals surface area contributed by atoms with Crippen LogP contribution in [0.2, 0.25) is 0 Å². The molecule has 0 bridgehead atoms. The number of carbonyl (C=O) groups excluding carboxylic acids is 1. The minimum Gasteiger partial charge on any atom is -0.481 e. The van der Waals surface area contributed by atoms with Crippen LogP contribution in [-0.4, -0.2) is 28.5 Å². The van der Waals surface area contributed by atoms with Gasteiger partial charge in [0.05, 0.1) is 11.3 Å². The molecule has 1 unspecified atom stereocenters. The summed E-state index contributed by atoms with van der Waals surface area (Å²) in [5, 5.41) is 14.8. The first-order chi connectivity index (χ1) is 15.5. The zero-order valence-electron chi connectivity index (χ0n) is 18.1. The predicted octanol–water partition coefficient (Wildman–Crippen LogP) is 4.49. The van der Waals surface area contributed by atoms with Crippen LogP contribution in [0.15, 0.2) is 60.9 Å². The molecular weight excluding hydrogens is 402 g/mol. The van der Waals surface area contributed by atoms with Crippen molar-refractivity contribution in [1.29, 1.82) is 0 Å². The summed E-state index contributed by atoms with van der Waals surface area (Å²) in [6, 6.07) is 15.3. The van der Waals surface area contributed by atoms with Crippen molar-refractivity contribution in [3.63, 3.8) is 0 Å². The summed E-state index contributed by atoms with van der Waals surface area (Å²) in [5.74, 6) is -1.35. The Morgan fingerprint density at radius 2 is 1.78 bits per heavy atom. The second-order valence-corrected chi connectivity index (χ2v) is 8.78. The topological polar surface area (TPSA) is 105 Å². The van der Waals surface area contributed by atoms with Crippen LogP contribution in [0.3, 0.4) is 0 Å². The van der Waals surface area contributed by atoms with Gasteiger partial charge < -0.3 is 16.2 Å². The average molecular weight is 432 g/mol. The predicted molar refractivity (Wildman–Crippen MR) is 125 cm³/mol. The number of aromatic nitrogens is 1. The highest BCUT2D eigenvalue weighted by Gasteiger charge is 2.39. The van der Waals surface area contributed by atoms with E-state index in [2.05, 4.69) is 10.3 Å². The fourth-order valence-electron chi connectivity index (χ4n) is 4.74. The van der Waals surface area contributed by atoms with E-state index < -0.39 is 17.3 Å². The van der Waals surface area contributed by atoms with E-state index >= 15 is 0 Å². The number of nitrogens with one attached hydrogen (secondary N) is 1. The Balaban J connectivity index is 1.47. The van der Waals surface area contributed by atoms with Gasteiger partial charge in [0.1, 0.15) is 0 Å². The van der Waals surface area contributed by atoms with Gasteiger partial charge in [-0.1, -0.05) is 49.6 Å². The SMILES string of the molecule is NCC(C(=O)Nc1ccc2cnccc2c1)c1ccc(CC2(C(=O)O)CCCCC2)cc1. The Kier molecular flexibility index (Phi) is 6.51. The van der Waals surface area contributed by atoms with E-state index in [9.17, 15) is 14.7 Å². The van der Waals surface area contributed by atoms with Gasteiger partial charge in [-0.25, -0.2) is 0 Å². The Bertz CT molecular complexity index is 1100. The number of nitrogens with zero attached hydrogens (tertiary/aromatic N) is 1. The number of amides is 1. The van der Waals surface area contributed by atoms with Crippen molar-refractivity contribution in [1.82, 2.24) is 4.98 Å². The van der Waals surface area contributed by atoms with E-state index in [1.54, 1.807) is 12.4 Å². The number of rotatable bonds is 7. The maximum absolute atomic E-state index is 12.9. The molecule has 0 saturated heterocycles. The van der Waals surface area contributed by atoms with Gasteiger partial charge in [-0.3, -0.25) is 14.6 Å². The molecule has 32 heavy (non-hydrogen) atoms.